The van der Waals surface area contributed by atoms with Crippen molar-refractivity contribution in [1.29, 1.82) is 0 Å². The number of carbonyl (C=O) groups excluding carboxylic acids is 1. The van der Waals surface area contributed by atoms with Gasteiger partial charge in [0.2, 0.25) is 0 Å². The maximum absolute atomic E-state index is 13.7. The van der Waals surface area contributed by atoms with Crippen LogP contribution in [0, 0.1) is 5.82 Å². The topological polar surface area (TPSA) is 32.3 Å². The molecular weight excluding hydrogens is 267 g/mol. The molecule has 1 aliphatic carbocycles. The molecule has 0 aromatic heterocycles. The minimum absolute atomic E-state index is 0.174. The lowest BCUT2D eigenvalue weighted by atomic mass is 10.0. The summed E-state index contributed by atoms with van der Waals surface area (Å²) in [5.41, 5.74) is 0.194. The van der Waals surface area contributed by atoms with Crippen LogP contribution in [0.15, 0.2) is 24.3 Å². The third-order valence-electron chi connectivity index (χ3n) is 4.71. The number of carbonyl (C=O) groups is 1. The van der Waals surface area contributed by atoms with Gasteiger partial charge < -0.3 is 10.2 Å². The van der Waals surface area contributed by atoms with Crippen LogP contribution in [0.1, 0.15) is 48.9 Å². The number of nitrogens with zero attached hydrogens (tertiary/aromatic N) is 1. The second-order valence-electron chi connectivity index (χ2n) is 6.19. The number of likely N-dealkylation sites (tertiary alicyclic amines) is 1. The predicted molar refractivity (Wildman–Crippen MR) is 80.7 cm³/mol. The Balaban J connectivity index is 1.53. The lowest BCUT2D eigenvalue weighted by molar-refractivity contribution is 0.0697. The number of amides is 1. The van der Waals surface area contributed by atoms with E-state index in [2.05, 4.69) is 5.32 Å². The molecule has 3 nitrogen and oxygen atoms in total. The number of rotatable bonds is 3. The van der Waals surface area contributed by atoms with E-state index in [9.17, 15) is 9.18 Å². The minimum atomic E-state index is -0.422. The summed E-state index contributed by atoms with van der Waals surface area (Å²) in [5.74, 6) is -0.596. The van der Waals surface area contributed by atoms with E-state index in [1.54, 1.807) is 23.1 Å². The standard InChI is InChI=1S/C17H23FN2O/c18-16-8-4-3-7-15(16)17(21)20-11-9-14(10-12-20)19-13-5-1-2-6-13/h3-4,7-8,13-14,19H,1-2,5-6,9-12H2. The molecule has 0 spiro atoms. The van der Waals surface area contributed by atoms with Crippen molar-refractivity contribution in [3.8, 4) is 0 Å². The van der Waals surface area contributed by atoms with E-state index in [4.69, 9.17) is 0 Å². The van der Waals surface area contributed by atoms with Gasteiger partial charge in [-0.25, -0.2) is 4.39 Å². The summed E-state index contributed by atoms with van der Waals surface area (Å²) in [6, 6.07) is 7.43. The highest BCUT2D eigenvalue weighted by Crippen LogP contribution is 2.21. The molecule has 2 fully saturated rings. The molecule has 1 saturated carbocycles. The van der Waals surface area contributed by atoms with Gasteiger partial charge in [0.05, 0.1) is 5.56 Å². The summed E-state index contributed by atoms with van der Waals surface area (Å²) in [7, 11) is 0. The average molecular weight is 290 g/mol. The molecule has 1 aromatic rings. The first-order valence-electron chi connectivity index (χ1n) is 8.04. The van der Waals surface area contributed by atoms with Crippen molar-refractivity contribution in [3.63, 3.8) is 0 Å². The highest BCUT2D eigenvalue weighted by molar-refractivity contribution is 5.94. The largest absolute Gasteiger partial charge is 0.338 e. The van der Waals surface area contributed by atoms with Crippen molar-refractivity contribution in [3.05, 3.63) is 35.6 Å². The van der Waals surface area contributed by atoms with Crippen molar-refractivity contribution in [1.82, 2.24) is 10.2 Å². The van der Waals surface area contributed by atoms with Gasteiger partial charge in [-0.15, -0.1) is 0 Å². The quantitative estimate of drug-likeness (QED) is 0.928. The smallest absolute Gasteiger partial charge is 0.256 e. The van der Waals surface area contributed by atoms with E-state index < -0.39 is 5.82 Å². The minimum Gasteiger partial charge on any atom is -0.338 e. The van der Waals surface area contributed by atoms with Gasteiger partial charge in [-0.1, -0.05) is 25.0 Å². The second kappa shape index (κ2) is 6.56. The van der Waals surface area contributed by atoms with Crippen LogP contribution in [0.3, 0.4) is 0 Å². The number of halogens is 1. The molecule has 0 bridgehead atoms. The van der Waals surface area contributed by atoms with Crippen LogP contribution in [0.2, 0.25) is 0 Å². The number of benzene rings is 1. The summed E-state index contributed by atoms with van der Waals surface area (Å²) in [4.78, 5) is 14.1. The van der Waals surface area contributed by atoms with Crippen molar-refractivity contribution in [2.24, 2.45) is 0 Å². The molecule has 1 heterocycles. The molecule has 0 unspecified atom stereocenters. The van der Waals surface area contributed by atoms with Gasteiger partial charge in [-0.3, -0.25) is 4.79 Å². The molecule has 3 rings (SSSR count). The Hall–Kier alpha value is -1.42. The fraction of sp³-hybridized carbons (Fsp3) is 0.588. The monoisotopic (exact) mass is 290 g/mol. The summed E-state index contributed by atoms with van der Waals surface area (Å²) in [6.07, 6.45) is 7.18. The second-order valence-corrected chi connectivity index (χ2v) is 6.19. The van der Waals surface area contributed by atoms with Crippen molar-refractivity contribution in [2.75, 3.05) is 13.1 Å². The van der Waals surface area contributed by atoms with Gasteiger partial charge in [-0.2, -0.15) is 0 Å². The van der Waals surface area contributed by atoms with Gasteiger partial charge >= 0.3 is 0 Å². The fourth-order valence-corrected chi connectivity index (χ4v) is 3.48. The molecule has 4 heteroatoms. The number of piperidine rings is 1. The molecule has 1 aliphatic heterocycles. The highest BCUT2D eigenvalue weighted by Gasteiger charge is 2.27. The molecule has 1 N–H and O–H groups in total. The number of hydrogen-bond acceptors (Lipinski definition) is 2. The molecule has 1 amide bonds. The van der Waals surface area contributed by atoms with E-state index in [1.807, 2.05) is 0 Å². The normalized spacial score (nSPS) is 20.9. The Kier molecular flexibility index (Phi) is 4.54. The zero-order valence-electron chi connectivity index (χ0n) is 12.4. The van der Waals surface area contributed by atoms with Crippen LogP contribution >= 0.6 is 0 Å². The van der Waals surface area contributed by atoms with E-state index in [-0.39, 0.29) is 11.5 Å². The molecule has 0 atom stereocenters. The third kappa shape index (κ3) is 3.43. The van der Waals surface area contributed by atoms with E-state index >= 15 is 0 Å². The zero-order valence-corrected chi connectivity index (χ0v) is 12.4. The van der Waals surface area contributed by atoms with Gasteiger partial charge in [0.25, 0.3) is 5.91 Å². The Labute approximate surface area is 125 Å². The fourth-order valence-electron chi connectivity index (χ4n) is 3.48. The van der Waals surface area contributed by atoms with Crippen LogP contribution in [-0.4, -0.2) is 36.0 Å². The predicted octanol–water partition coefficient (Wildman–Crippen LogP) is 2.96. The number of hydrogen-bond donors (Lipinski definition) is 1. The highest BCUT2D eigenvalue weighted by atomic mass is 19.1. The van der Waals surface area contributed by atoms with Crippen LogP contribution < -0.4 is 5.32 Å². The third-order valence-corrected chi connectivity index (χ3v) is 4.71. The summed E-state index contributed by atoms with van der Waals surface area (Å²) in [6.45, 7) is 1.44. The van der Waals surface area contributed by atoms with Gasteiger partial charge in [0.15, 0.2) is 0 Å². The Morgan fingerprint density at radius 3 is 2.33 bits per heavy atom. The van der Waals surface area contributed by atoms with Crippen LogP contribution in [0.25, 0.3) is 0 Å². The van der Waals surface area contributed by atoms with E-state index in [0.29, 0.717) is 12.1 Å². The molecule has 114 valence electrons. The summed E-state index contributed by atoms with van der Waals surface area (Å²) in [5, 5.41) is 3.72. The molecule has 2 aliphatic rings. The first-order chi connectivity index (χ1) is 10.2. The van der Waals surface area contributed by atoms with Crippen molar-refractivity contribution < 1.29 is 9.18 Å². The van der Waals surface area contributed by atoms with Gasteiger partial charge in [0, 0.05) is 25.2 Å². The van der Waals surface area contributed by atoms with Crippen LogP contribution in [0.4, 0.5) is 4.39 Å². The molecule has 1 saturated heterocycles. The van der Waals surface area contributed by atoms with Crippen molar-refractivity contribution >= 4 is 5.91 Å². The lowest BCUT2D eigenvalue weighted by Crippen LogP contribution is -2.47. The van der Waals surface area contributed by atoms with Crippen molar-refractivity contribution in [2.45, 2.75) is 50.6 Å². The SMILES string of the molecule is O=C(c1ccccc1F)N1CCC(NC2CCCC2)CC1. The number of nitrogens with one attached hydrogen (secondary N) is 1. The summed E-state index contributed by atoms with van der Waals surface area (Å²) >= 11 is 0. The molecule has 21 heavy (non-hydrogen) atoms. The van der Waals surface area contributed by atoms with E-state index in [0.717, 1.165) is 25.9 Å². The summed E-state index contributed by atoms with van der Waals surface area (Å²) < 4.78 is 13.7. The Bertz CT molecular complexity index is 491. The first-order valence-corrected chi connectivity index (χ1v) is 8.04. The van der Waals surface area contributed by atoms with Gasteiger partial charge in [-0.05, 0) is 37.8 Å². The Morgan fingerprint density at radius 1 is 1.05 bits per heavy atom. The molecule has 0 radical (unpaired) electrons. The van der Waals surface area contributed by atoms with Crippen LogP contribution in [-0.2, 0) is 0 Å². The van der Waals surface area contributed by atoms with E-state index in [1.165, 1.54) is 31.7 Å². The molecule has 1 aromatic carbocycles. The molecular formula is C17H23FN2O. The van der Waals surface area contributed by atoms with Crippen LogP contribution in [0.5, 0.6) is 0 Å². The zero-order chi connectivity index (χ0) is 14.7. The average Bonchev–Trinajstić information content (AvgIpc) is 3.01. The lowest BCUT2D eigenvalue weighted by Gasteiger charge is -2.34. The maximum atomic E-state index is 13.7. The van der Waals surface area contributed by atoms with Gasteiger partial charge in [0.1, 0.15) is 5.82 Å². The Morgan fingerprint density at radius 2 is 1.67 bits per heavy atom. The first kappa shape index (κ1) is 14.5. The maximum Gasteiger partial charge on any atom is 0.256 e.